The third-order valence-corrected chi connectivity index (χ3v) is 5.28. The number of hydrogen-bond acceptors (Lipinski definition) is 2. The van der Waals surface area contributed by atoms with E-state index in [-0.39, 0.29) is 0 Å². The molecule has 116 valence electrons. The lowest BCUT2D eigenvalue weighted by molar-refractivity contribution is 0.311. The molecule has 1 aliphatic heterocycles. The molecular weight excluding hydrogens is 326 g/mol. The van der Waals surface area contributed by atoms with E-state index in [0.717, 1.165) is 23.2 Å². The topological polar surface area (TPSA) is 21.3 Å². The quantitative estimate of drug-likeness (QED) is 0.773. The minimum absolute atomic E-state index is 0.458. The second kappa shape index (κ2) is 7.64. The molecule has 1 atom stereocenters. The first kappa shape index (κ1) is 15.4. The number of hydrogen-bond donors (Lipinski definition) is 1. The lowest BCUT2D eigenvalue weighted by Gasteiger charge is -2.27. The third-order valence-electron chi connectivity index (χ3n) is 4.79. The van der Waals surface area contributed by atoms with E-state index in [9.17, 15) is 0 Å². The highest BCUT2D eigenvalue weighted by Crippen LogP contribution is 2.34. The van der Waals surface area contributed by atoms with Crippen molar-refractivity contribution in [2.24, 2.45) is 0 Å². The van der Waals surface area contributed by atoms with Crippen LogP contribution in [0.5, 0.6) is 5.75 Å². The van der Waals surface area contributed by atoms with Gasteiger partial charge in [-0.05, 0) is 37.8 Å². The summed E-state index contributed by atoms with van der Waals surface area (Å²) >= 11 is 3.55. The molecule has 0 amide bonds. The second-order valence-corrected chi connectivity index (χ2v) is 7.35. The van der Waals surface area contributed by atoms with E-state index >= 15 is 0 Å². The van der Waals surface area contributed by atoms with E-state index in [1.807, 2.05) is 0 Å². The Morgan fingerprint density at radius 2 is 1.71 bits per heavy atom. The molecule has 3 rings (SSSR count). The van der Waals surface area contributed by atoms with Gasteiger partial charge in [0.15, 0.2) is 0 Å². The highest BCUT2D eigenvalue weighted by Gasteiger charge is 2.23. The molecule has 1 aliphatic carbocycles. The maximum absolute atomic E-state index is 5.92. The van der Waals surface area contributed by atoms with Crippen LogP contribution in [0.15, 0.2) is 22.7 Å². The second-order valence-electron chi connectivity index (χ2n) is 6.43. The molecule has 1 heterocycles. The Hall–Kier alpha value is -0.540. The molecule has 21 heavy (non-hydrogen) atoms. The Kier molecular flexibility index (Phi) is 5.59. The maximum Gasteiger partial charge on any atom is 0.125 e. The highest BCUT2D eigenvalue weighted by molar-refractivity contribution is 9.10. The molecule has 0 spiro atoms. The molecule has 1 fully saturated rings. The van der Waals surface area contributed by atoms with Crippen LogP contribution in [-0.4, -0.2) is 12.6 Å². The minimum Gasteiger partial charge on any atom is -0.493 e. The average Bonchev–Trinajstić information content (AvgIpc) is 2.63. The third kappa shape index (κ3) is 4.23. The number of halogens is 1. The lowest BCUT2D eigenvalue weighted by Crippen LogP contribution is -2.33. The Balaban J connectivity index is 1.72. The van der Waals surface area contributed by atoms with E-state index in [0.29, 0.717) is 12.1 Å². The maximum atomic E-state index is 5.92. The first-order valence-corrected chi connectivity index (χ1v) is 9.30. The van der Waals surface area contributed by atoms with Crippen LogP contribution in [0.25, 0.3) is 0 Å². The molecule has 0 bridgehead atoms. The Morgan fingerprint density at radius 1 is 0.952 bits per heavy atom. The Morgan fingerprint density at radius 3 is 2.52 bits per heavy atom. The van der Waals surface area contributed by atoms with Gasteiger partial charge in [0, 0.05) is 22.1 Å². The van der Waals surface area contributed by atoms with Crippen molar-refractivity contribution in [2.75, 3.05) is 6.61 Å². The molecule has 1 N–H and O–H groups in total. The normalized spacial score (nSPS) is 24.3. The summed E-state index contributed by atoms with van der Waals surface area (Å²) in [7, 11) is 0. The summed E-state index contributed by atoms with van der Waals surface area (Å²) in [5.74, 6) is 1.06. The van der Waals surface area contributed by atoms with Gasteiger partial charge in [0.2, 0.25) is 0 Å². The number of ether oxygens (including phenoxy) is 1. The number of rotatable bonds is 2. The predicted molar refractivity (Wildman–Crippen MR) is 90.9 cm³/mol. The first-order chi connectivity index (χ1) is 10.3. The fourth-order valence-electron chi connectivity index (χ4n) is 3.63. The SMILES string of the molecule is Brc1ccc2c(c1)OCCCC2NC1CCCCCCC1. The van der Waals surface area contributed by atoms with Crippen molar-refractivity contribution in [3.63, 3.8) is 0 Å². The summed E-state index contributed by atoms with van der Waals surface area (Å²) in [4.78, 5) is 0. The molecule has 1 aromatic rings. The van der Waals surface area contributed by atoms with Gasteiger partial charge in [-0.3, -0.25) is 0 Å². The van der Waals surface area contributed by atoms with Crippen LogP contribution < -0.4 is 10.1 Å². The van der Waals surface area contributed by atoms with Gasteiger partial charge in [0.25, 0.3) is 0 Å². The van der Waals surface area contributed by atoms with Gasteiger partial charge in [0.1, 0.15) is 5.75 Å². The molecule has 1 unspecified atom stereocenters. The number of benzene rings is 1. The lowest BCUT2D eigenvalue weighted by atomic mass is 9.94. The van der Waals surface area contributed by atoms with Crippen molar-refractivity contribution in [1.82, 2.24) is 5.32 Å². The van der Waals surface area contributed by atoms with Crippen molar-refractivity contribution in [3.05, 3.63) is 28.2 Å². The van der Waals surface area contributed by atoms with Crippen molar-refractivity contribution in [1.29, 1.82) is 0 Å². The van der Waals surface area contributed by atoms with Crippen LogP contribution in [0.4, 0.5) is 0 Å². The summed E-state index contributed by atoms with van der Waals surface area (Å²) < 4.78 is 7.03. The van der Waals surface area contributed by atoms with Crippen LogP contribution in [0.1, 0.15) is 69.4 Å². The Bertz CT molecular complexity index is 455. The Labute approximate surface area is 136 Å². The largest absolute Gasteiger partial charge is 0.493 e. The summed E-state index contributed by atoms with van der Waals surface area (Å²) in [5.41, 5.74) is 1.35. The van der Waals surface area contributed by atoms with Gasteiger partial charge in [0.05, 0.1) is 6.61 Å². The van der Waals surface area contributed by atoms with Crippen molar-refractivity contribution in [3.8, 4) is 5.75 Å². The fourth-order valence-corrected chi connectivity index (χ4v) is 3.97. The van der Waals surface area contributed by atoms with Gasteiger partial charge in [-0.15, -0.1) is 0 Å². The van der Waals surface area contributed by atoms with E-state index in [1.54, 1.807) is 0 Å². The smallest absolute Gasteiger partial charge is 0.125 e. The van der Waals surface area contributed by atoms with Crippen molar-refractivity contribution in [2.45, 2.75) is 69.9 Å². The van der Waals surface area contributed by atoms with Crippen LogP contribution >= 0.6 is 15.9 Å². The summed E-state index contributed by atoms with van der Waals surface area (Å²) in [5, 5.41) is 3.95. The predicted octanol–water partition coefficient (Wildman–Crippen LogP) is 5.37. The van der Waals surface area contributed by atoms with Gasteiger partial charge in [-0.1, -0.05) is 54.1 Å². The fraction of sp³-hybridized carbons (Fsp3) is 0.667. The molecule has 0 radical (unpaired) electrons. The van der Waals surface area contributed by atoms with Crippen LogP contribution in [0.2, 0.25) is 0 Å². The van der Waals surface area contributed by atoms with E-state index in [4.69, 9.17) is 4.74 Å². The molecule has 2 nitrogen and oxygen atoms in total. The molecule has 1 aromatic carbocycles. The van der Waals surface area contributed by atoms with E-state index in [2.05, 4.69) is 39.4 Å². The van der Waals surface area contributed by atoms with Crippen LogP contribution in [-0.2, 0) is 0 Å². The first-order valence-electron chi connectivity index (χ1n) is 8.51. The summed E-state index contributed by atoms with van der Waals surface area (Å²) in [6, 6.07) is 7.63. The van der Waals surface area contributed by atoms with Crippen LogP contribution in [0, 0.1) is 0 Å². The number of fused-ring (bicyclic) bond motifs is 1. The highest BCUT2D eigenvalue weighted by atomic mass is 79.9. The van der Waals surface area contributed by atoms with Crippen LogP contribution in [0.3, 0.4) is 0 Å². The molecular formula is C18H26BrNO. The van der Waals surface area contributed by atoms with Gasteiger partial charge < -0.3 is 10.1 Å². The monoisotopic (exact) mass is 351 g/mol. The van der Waals surface area contributed by atoms with E-state index in [1.165, 1.54) is 56.9 Å². The number of nitrogens with one attached hydrogen (secondary N) is 1. The average molecular weight is 352 g/mol. The molecule has 0 aromatic heterocycles. The van der Waals surface area contributed by atoms with Gasteiger partial charge in [-0.25, -0.2) is 0 Å². The van der Waals surface area contributed by atoms with E-state index < -0.39 is 0 Å². The molecule has 0 saturated heterocycles. The zero-order valence-electron chi connectivity index (χ0n) is 12.7. The molecule has 2 aliphatic rings. The van der Waals surface area contributed by atoms with Crippen molar-refractivity contribution >= 4 is 15.9 Å². The standard InChI is InChI=1S/C18H26BrNO/c19-14-10-11-16-17(9-6-12-21-18(16)13-14)20-15-7-4-2-1-3-5-8-15/h10-11,13,15,17,20H,1-9,12H2. The van der Waals surface area contributed by atoms with Gasteiger partial charge >= 0.3 is 0 Å². The van der Waals surface area contributed by atoms with Gasteiger partial charge in [-0.2, -0.15) is 0 Å². The molecule has 3 heteroatoms. The van der Waals surface area contributed by atoms with Crippen molar-refractivity contribution < 1.29 is 4.74 Å². The minimum atomic E-state index is 0.458. The summed E-state index contributed by atoms with van der Waals surface area (Å²) in [6.45, 7) is 0.840. The zero-order chi connectivity index (χ0) is 14.5. The summed E-state index contributed by atoms with van der Waals surface area (Å²) in [6.07, 6.45) is 12.0. The zero-order valence-corrected chi connectivity index (χ0v) is 14.3. The molecule has 1 saturated carbocycles.